The number of hydrogen-bond donors (Lipinski definition) is 2. The quantitative estimate of drug-likeness (QED) is 0.870. The number of aryl methyl sites for hydroxylation is 2. The molecule has 1 aliphatic carbocycles. The highest BCUT2D eigenvalue weighted by Crippen LogP contribution is 2.27. The largest absolute Gasteiger partial charge is 0.346 e. The van der Waals surface area contributed by atoms with E-state index in [4.69, 9.17) is 5.73 Å². The third-order valence-electron chi connectivity index (χ3n) is 4.40. The van der Waals surface area contributed by atoms with Crippen LogP contribution in [-0.4, -0.2) is 26.7 Å². The lowest BCUT2D eigenvalue weighted by Gasteiger charge is -2.24. The first-order valence-electron chi connectivity index (χ1n) is 7.67. The minimum Gasteiger partial charge on any atom is -0.346 e. The molecular weight excluding hydrogens is 325 g/mol. The Balaban J connectivity index is 0.00000121. The second-order valence-corrected chi connectivity index (χ2v) is 5.94. The molecular formula is C14H25Cl2N5O. The monoisotopic (exact) mass is 349 g/mol. The number of halogens is 2. The van der Waals surface area contributed by atoms with Crippen molar-refractivity contribution in [1.29, 1.82) is 0 Å². The summed E-state index contributed by atoms with van der Waals surface area (Å²) in [5, 5.41) is 7.63. The number of nitrogens with one attached hydrogen (secondary N) is 1. The number of carbonyl (C=O) groups is 1. The van der Waals surface area contributed by atoms with E-state index in [1.54, 1.807) is 0 Å². The number of rotatable bonds is 3. The maximum atomic E-state index is 12.3. The van der Waals surface area contributed by atoms with Crippen LogP contribution < -0.4 is 11.1 Å². The van der Waals surface area contributed by atoms with Gasteiger partial charge in [-0.3, -0.25) is 4.79 Å². The van der Waals surface area contributed by atoms with Gasteiger partial charge >= 0.3 is 0 Å². The third-order valence-corrected chi connectivity index (χ3v) is 4.40. The fourth-order valence-electron chi connectivity index (χ4n) is 3.23. The average Bonchev–Trinajstić information content (AvgIpc) is 3.05. The number of carbonyl (C=O) groups excluding carboxylic acids is 1. The van der Waals surface area contributed by atoms with Crippen LogP contribution in [0.25, 0.3) is 0 Å². The van der Waals surface area contributed by atoms with Crippen LogP contribution in [0.5, 0.6) is 0 Å². The van der Waals surface area contributed by atoms with Gasteiger partial charge in [0.2, 0.25) is 5.91 Å². The standard InChI is InChI=1S/C14H23N5O.2ClH/c1-2-12-17-13-11(4-3-7-19(13)18-12)16-14(20)9-5-6-10(15)8-9;;/h9-11H,2-8,15H2,1H3,(H,16,20);2*1H. The molecule has 3 N–H and O–H groups in total. The van der Waals surface area contributed by atoms with Crippen LogP contribution in [0.15, 0.2) is 0 Å². The molecule has 1 aromatic heterocycles. The Kier molecular flexibility index (Phi) is 7.09. The van der Waals surface area contributed by atoms with E-state index in [1.165, 1.54) is 0 Å². The van der Waals surface area contributed by atoms with Crippen LogP contribution in [-0.2, 0) is 17.8 Å². The molecule has 0 saturated heterocycles. The van der Waals surface area contributed by atoms with Crippen molar-refractivity contribution in [1.82, 2.24) is 20.1 Å². The van der Waals surface area contributed by atoms with Crippen molar-refractivity contribution >= 4 is 30.7 Å². The van der Waals surface area contributed by atoms with Crippen LogP contribution in [0, 0.1) is 5.92 Å². The zero-order chi connectivity index (χ0) is 14.1. The van der Waals surface area contributed by atoms with Crippen LogP contribution in [0.1, 0.15) is 56.7 Å². The first-order valence-corrected chi connectivity index (χ1v) is 7.67. The molecule has 3 atom stereocenters. The van der Waals surface area contributed by atoms with Gasteiger partial charge in [0.1, 0.15) is 5.82 Å². The molecule has 2 heterocycles. The summed E-state index contributed by atoms with van der Waals surface area (Å²) in [5.41, 5.74) is 5.89. The van der Waals surface area contributed by atoms with Crippen LogP contribution in [0.3, 0.4) is 0 Å². The predicted octanol–water partition coefficient (Wildman–Crippen LogP) is 1.76. The maximum Gasteiger partial charge on any atom is 0.223 e. The highest BCUT2D eigenvalue weighted by Gasteiger charge is 2.31. The minimum atomic E-state index is 0. The Morgan fingerprint density at radius 3 is 2.77 bits per heavy atom. The summed E-state index contributed by atoms with van der Waals surface area (Å²) in [5.74, 6) is 2.00. The van der Waals surface area contributed by atoms with E-state index in [0.717, 1.165) is 56.7 Å². The Bertz CT molecular complexity index is 507. The van der Waals surface area contributed by atoms with E-state index >= 15 is 0 Å². The fraction of sp³-hybridized carbons (Fsp3) is 0.786. The van der Waals surface area contributed by atoms with Crippen molar-refractivity contribution < 1.29 is 4.79 Å². The second kappa shape index (κ2) is 8.13. The maximum absolute atomic E-state index is 12.3. The number of amides is 1. The van der Waals surface area contributed by atoms with E-state index in [1.807, 2.05) is 4.68 Å². The molecule has 22 heavy (non-hydrogen) atoms. The number of hydrogen-bond acceptors (Lipinski definition) is 4. The molecule has 0 bridgehead atoms. The Hall–Kier alpha value is -0.850. The van der Waals surface area contributed by atoms with Crippen LogP contribution in [0.2, 0.25) is 0 Å². The van der Waals surface area contributed by atoms with Gasteiger partial charge in [0.25, 0.3) is 0 Å². The number of nitrogens with zero attached hydrogens (tertiary/aromatic N) is 3. The van der Waals surface area contributed by atoms with Crippen LogP contribution >= 0.6 is 24.8 Å². The van der Waals surface area contributed by atoms with Crippen molar-refractivity contribution in [2.45, 2.75) is 64.1 Å². The van der Waals surface area contributed by atoms with Gasteiger partial charge in [0.05, 0.1) is 6.04 Å². The molecule has 1 aliphatic heterocycles. The molecule has 1 fully saturated rings. The van der Waals surface area contributed by atoms with Gasteiger partial charge in [0.15, 0.2) is 5.82 Å². The van der Waals surface area contributed by atoms with Crippen molar-refractivity contribution in [2.75, 3.05) is 0 Å². The molecule has 3 unspecified atom stereocenters. The first-order chi connectivity index (χ1) is 9.67. The summed E-state index contributed by atoms with van der Waals surface area (Å²) in [6, 6.07) is 0.202. The molecule has 8 heteroatoms. The molecule has 1 saturated carbocycles. The predicted molar refractivity (Wildman–Crippen MR) is 89.3 cm³/mol. The van der Waals surface area contributed by atoms with Crippen molar-refractivity contribution in [3.8, 4) is 0 Å². The fourth-order valence-corrected chi connectivity index (χ4v) is 3.23. The summed E-state index contributed by atoms with van der Waals surface area (Å²) in [7, 11) is 0. The Labute approximate surface area is 143 Å². The zero-order valence-corrected chi connectivity index (χ0v) is 14.5. The smallest absolute Gasteiger partial charge is 0.223 e. The normalized spacial score (nSPS) is 26.5. The average molecular weight is 350 g/mol. The van der Waals surface area contributed by atoms with E-state index in [-0.39, 0.29) is 48.7 Å². The molecule has 2 aliphatic rings. The van der Waals surface area contributed by atoms with Crippen molar-refractivity contribution in [2.24, 2.45) is 11.7 Å². The number of fused-ring (bicyclic) bond motifs is 1. The van der Waals surface area contributed by atoms with E-state index in [9.17, 15) is 4.79 Å². The van der Waals surface area contributed by atoms with Gasteiger partial charge in [-0.05, 0) is 32.1 Å². The van der Waals surface area contributed by atoms with Gasteiger partial charge in [0, 0.05) is 24.9 Å². The van der Waals surface area contributed by atoms with Gasteiger partial charge in [-0.2, -0.15) is 5.10 Å². The third kappa shape index (κ3) is 3.91. The zero-order valence-electron chi connectivity index (χ0n) is 12.8. The summed E-state index contributed by atoms with van der Waals surface area (Å²) >= 11 is 0. The molecule has 0 aromatic carbocycles. The van der Waals surface area contributed by atoms with E-state index < -0.39 is 0 Å². The SMILES string of the molecule is CCc1nc2n(n1)CCCC2NC(=O)C1CCC(N)C1.Cl.Cl. The summed E-state index contributed by atoms with van der Waals surface area (Å²) in [6.45, 7) is 2.96. The Morgan fingerprint density at radius 1 is 1.36 bits per heavy atom. The topological polar surface area (TPSA) is 85.8 Å². The summed E-state index contributed by atoms with van der Waals surface area (Å²) in [4.78, 5) is 16.9. The highest BCUT2D eigenvalue weighted by atomic mass is 35.5. The summed E-state index contributed by atoms with van der Waals surface area (Å²) in [6.07, 6.45) is 5.50. The van der Waals surface area contributed by atoms with Gasteiger partial charge < -0.3 is 11.1 Å². The van der Waals surface area contributed by atoms with Gasteiger partial charge in [-0.1, -0.05) is 6.92 Å². The van der Waals surface area contributed by atoms with E-state index in [2.05, 4.69) is 22.3 Å². The minimum absolute atomic E-state index is 0. The molecule has 0 radical (unpaired) electrons. The van der Waals surface area contributed by atoms with Crippen molar-refractivity contribution in [3.05, 3.63) is 11.6 Å². The molecule has 3 rings (SSSR count). The lowest BCUT2D eigenvalue weighted by molar-refractivity contribution is -0.125. The highest BCUT2D eigenvalue weighted by molar-refractivity contribution is 5.85. The molecule has 1 aromatic rings. The second-order valence-electron chi connectivity index (χ2n) is 5.94. The first kappa shape index (κ1) is 19.2. The van der Waals surface area contributed by atoms with Crippen molar-refractivity contribution in [3.63, 3.8) is 0 Å². The molecule has 126 valence electrons. The van der Waals surface area contributed by atoms with E-state index in [0.29, 0.717) is 0 Å². The lowest BCUT2D eigenvalue weighted by Crippen LogP contribution is -2.36. The lowest BCUT2D eigenvalue weighted by atomic mass is 10.0. The van der Waals surface area contributed by atoms with Gasteiger partial charge in [-0.25, -0.2) is 9.67 Å². The van der Waals surface area contributed by atoms with Gasteiger partial charge in [-0.15, -0.1) is 24.8 Å². The Morgan fingerprint density at radius 2 is 2.14 bits per heavy atom. The molecule has 6 nitrogen and oxygen atoms in total. The summed E-state index contributed by atoms with van der Waals surface area (Å²) < 4.78 is 1.95. The number of nitrogens with two attached hydrogens (primary N) is 1. The molecule has 0 spiro atoms. The molecule has 1 amide bonds. The van der Waals surface area contributed by atoms with Crippen LogP contribution in [0.4, 0.5) is 0 Å². The number of aromatic nitrogens is 3.